The predicted octanol–water partition coefficient (Wildman–Crippen LogP) is 4.70. The van der Waals surface area contributed by atoms with E-state index < -0.39 is 11.7 Å². The average molecular weight is 399 g/mol. The highest BCUT2D eigenvalue weighted by atomic mass is 19.1. The molecule has 0 radical (unpaired) electrons. The Balaban J connectivity index is 1.43. The lowest BCUT2D eigenvalue weighted by atomic mass is 10.1. The maximum Gasteiger partial charge on any atom is 0.407 e. The van der Waals surface area contributed by atoms with Crippen molar-refractivity contribution in [3.05, 3.63) is 71.0 Å². The van der Waals surface area contributed by atoms with Crippen LogP contribution >= 0.6 is 0 Å². The maximum absolute atomic E-state index is 13.1. The van der Waals surface area contributed by atoms with Crippen molar-refractivity contribution < 1.29 is 23.5 Å². The van der Waals surface area contributed by atoms with E-state index in [1.54, 1.807) is 12.1 Å². The normalized spacial score (nSPS) is 18.1. The number of amides is 1. The largest absolute Gasteiger partial charge is 0.460 e. The Morgan fingerprint density at radius 2 is 1.83 bits per heavy atom. The van der Waals surface area contributed by atoms with Gasteiger partial charge in [-0.2, -0.15) is 0 Å². The Kier molecular flexibility index (Phi) is 6.20. The van der Waals surface area contributed by atoms with Crippen molar-refractivity contribution in [2.24, 2.45) is 5.92 Å². The second-order valence-corrected chi connectivity index (χ2v) is 8.28. The van der Waals surface area contributed by atoms with Gasteiger partial charge in [0.15, 0.2) is 0 Å². The molecule has 154 valence electrons. The molecule has 0 saturated heterocycles. The average Bonchev–Trinajstić information content (AvgIpc) is 3.45. The summed E-state index contributed by atoms with van der Waals surface area (Å²) in [4.78, 5) is 23.9. The number of esters is 1. The van der Waals surface area contributed by atoms with Crippen molar-refractivity contribution in [3.8, 4) is 0 Å². The third kappa shape index (κ3) is 6.31. The number of ether oxygens (including phenoxy) is 2. The molecular formula is C23H26FNO4. The van der Waals surface area contributed by atoms with Gasteiger partial charge in [0.1, 0.15) is 18.0 Å². The molecule has 1 amide bonds. The second-order valence-electron chi connectivity index (χ2n) is 8.28. The number of benzene rings is 2. The summed E-state index contributed by atoms with van der Waals surface area (Å²) >= 11 is 0. The van der Waals surface area contributed by atoms with Crippen LogP contribution in [0.3, 0.4) is 0 Å². The van der Waals surface area contributed by atoms with E-state index in [2.05, 4.69) is 5.32 Å². The minimum Gasteiger partial charge on any atom is -0.460 e. The second kappa shape index (κ2) is 8.64. The molecular weight excluding hydrogens is 373 g/mol. The fourth-order valence-electron chi connectivity index (χ4n) is 3.08. The van der Waals surface area contributed by atoms with Crippen LogP contribution in [0.25, 0.3) is 0 Å². The van der Waals surface area contributed by atoms with Crippen LogP contribution in [0.15, 0.2) is 48.5 Å². The lowest BCUT2D eigenvalue weighted by Crippen LogP contribution is -2.25. The molecule has 1 fully saturated rings. The van der Waals surface area contributed by atoms with E-state index in [0.29, 0.717) is 5.56 Å². The van der Waals surface area contributed by atoms with Crippen LogP contribution in [0.1, 0.15) is 49.8 Å². The van der Waals surface area contributed by atoms with Gasteiger partial charge in [-0.05, 0) is 61.9 Å². The maximum atomic E-state index is 13.1. The Labute approximate surface area is 170 Å². The van der Waals surface area contributed by atoms with Crippen LogP contribution < -0.4 is 5.32 Å². The van der Waals surface area contributed by atoms with Crippen molar-refractivity contribution in [1.82, 2.24) is 5.32 Å². The van der Waals surface area contributed by atoms with Crippen molar-refractivity contribution in [1.29, 1.82) is 0 Å². The fourth-order valence-corrected chi connectivity index (χ4v) is 3.08. The SMILES string of the molecule is CC(C)(C)OC(=O)[C@@H]1C[C@H]1c1ccc(COC(=O)NCc2cccc(F)c2)cc1. The first-order chi connectivity index (χ1) is 13.7. The number of alkyl carbamates (subject to hydrolysis) is 1. The van der Waals surface area contributed by atoms with Crippen molar-refractivity contribution >= 4 is 12.1 Å². The van der Waals surface area contributed by atoms with E-state index in [0.717, 1.165) is 17.5 Å². The standard InChI is InChI=1S/C23H26FNO4/c1-23(2,3)29-21(26)20-12-19(20)17-9-7-15(8-10-17)14-28-22(27)25-13-16-5-4-6-18(24)11-16/h4-11,19-20H,12-14H2,1-3H3,(H,25,27)/t19-,20+/m0/s1. The molecule has 0 aliphatic heterocycles. The first-order valence-corrected chi connectivity index (χ1v) is 9.68. The number of hydrogen-bond acceptors (Lipinski definition) is 4. The zero-order valence-electron chi connectivity index (χ0n) is 16.9. The lowest BCUT2D eigenvalue weighted by Gasteiger charge is -2.19. The molecule has 6 heteroatoms. The summed E-state index contributed by atoms with van der Waals surface area (Å²) in [6, 6.07) is 13.7. The summed E-state index contributed by atoms with van der Waals surface area (Å²) in [7, 11) is 0. The third-order valence-corrected chi connectivity index (χ3v) is 4.60. The highest BCUT2D eigenvalue weighted by Crippen LogP contribution is 2.48. The molecule has 0 aromatic heterocycles. The Morgan fingerprint density at radius 1 is 1.10 bits per heavy atom. The highest BCUT2D eigenvalue weighted by molar-refractivity contribution is 5.77. The smallest absolute Gasteiger partial charge is 0.407 e. The summed E-state index contributed by atoms with van der Waals surface area (Å²) in [5.74, 6) is -0.383. The number of carbonyl (C=O) groups excluding carboxylic acids is 2. The molecule has 5 nitrogen and oxygen atoms in total. The van der Waals surface area contributed by atoms with Crippen LogP contribution in [0.4, 0.5) is 9.18 Å². The van der Waals surface area contributed by atoms with Gasteiger partial charge in [0, 0.05) is 6.54 Å². The molecule has 2 aromatic carbocycles. The van der Waals surface area contributed by atoms with Gasteiger partial charge in [0.05, 0.1) is 5.92 Å². The molecule has 2 atom stereocenters. The number of carbonyl (C=O) groups is 2. The molecule has 1 N–H and O–H groups in total. The van der Waals surface area contributed by atoms with Crippen molar-refractivity contribution in [2.45, 2.75) is 51.9 Å². The minimum absolute atomic E-state index is 0.0788. The molecule has 0 spiro atoms. The number of halogens is 1. The summed E-state index contributed by atoms with van der Waals surface area (Å²) < 4.78 is 23.8. The highest BCUT2D eigenvalue weighted by Gasteiger charge is 2.46. The molecule has 0 bridgehead atoms. The van der Waals surface area contributed by atoms with E-state index in [4.69, 9.17) is 9.47 Å². The van der Waals surface area contributed by atoms with Gasteiger partial charge in [-0.3, -0.25) is 4.79 Å². The summed E-state index contributed by atoms with van der Waals surface area (Å²) in [6.45, 7) is 5.93. The van der Waals surface area contributed by atoms with Gasteiger partial charge in [0.25, 0.3) is 0 Å². The van der Waals surface area contributed by atoms with Crippen LogP contribution in [0, 0.1) is 11.7 Å². The molecule has 1 saturated carbocycles. The predicted molar refractivity (Wildman–Crippen MR) is 107 cm³/mol. The molecule has 2 aromatic rings. The van der Waals surface area contributed by atoms with Gasteiger partial charge >= 0.3 is 12.1 Å². The van der Waals surface area contributed by atoms with Gasteiger partial charge < -0.3 is 14.8 Å². The lowest BCUT2D eigenvalue weighted by molar-refractivity contribution is -0.156. The fraction of sp³-hybridized carbons (Fsp3) is 0.391. The molecule has 0 heterocycles. The minimum atomic E-state index is -0.564. The van der Waals surface area contributed by atoms with Crippen molar-refractivity contribution in [2.75, 3.05) is 0 Å². The quantitative estimate of drug-likeness (QED) is 0.716. The van der Waals surface area contributed by atoms with E-state index in [1.165, 1.54) is 12.1 Å². The number of nitrogens with one attached hydrogen (secondary N) is 1. The van der Waals surface area contributed by atoms with E-state index >= 15 is 0 Å². The monoisotopic (exact) mass is 399 g/mol. The Bertz CT molecular complexity index is 873. The van der Waals surface area contributed by atoms with Gasteiger partial charge in [-0.1, -0.05) is 36.4 Å². The molecule has 3 rings (SSSR count). The van der Waals surface area contributed by atoms with E-state index in [-0.39, 0.29) is 36.8 Å². The number of hydrogen-bond donors (Lipinski definition) is 1. The van der Waals surface area contributed by atoms with Gasteiger partial charge in [-0.25, -0.2) is 9.18 Å². The first kappa shape index (κ1) is 20.8. The zero-order chi connectivity index (χ0) is 21.0. The van der Waals surface area contributed by atoms with Gasteiger partial charge in [0.2, 0.25) is 0 Å². The van der Waals surface area contributed by atoms with E-state index in [9.17, 15) is 14.0 Å². The molecule has 1 aliphatic carbocycles. The molecule has 29 heavy (non-hydrogen) atoms. The first-order valence-electron chi connectivity index (χ1n) is 9.68. The topological polar surface area (TPSA) is 64.6 Å². The van der Waals surface area contributed by atoms with Crippen LogP contribution in [0.5, 0.6) is 0 Å². The van der Waals surface area contributed by atoms with Crippen LogP contribution in [-0.4, -0.2) is 17.7 Å². The Morgan fingerprint density at radius 3 is 2.48 bits per heavy atom. The van der Waals surface area contributed by atoms with Crippen LogP contribution in [0.2, 0.25) is 0 Å². The summed E-state index contributed by atoms with van der Waals surface area (Å²) in [6.07, 6.45) is 0.235. The van der Waals surface area contributed by atoms with Crippen molar-refractivity contribution in [3.63, 3.8) is 0 Å². The third-order valence-electron chi connectivity index (χ3n) is 4.60. The summed E-state index contributed by atoms with van der Waals surface area (Å²) in [5, 5.41) is 2.59. The molecule has 1 aliphatic rings. The summed E-state index contributed by atoms with van der Waals surface area (Å²) in [5.41, 5.74) is 2.13. The molecule has 0 unspecified atom stereocenters. The van der Waals surface area contributed by atoms with Gasteiger partial charge in [-0.15, -0.1) is 0 Å². The van der Waals surface area contributed by atoms with E-state index in [1.807, 2.05) is 45.0 Å². The Hall–Kier alpha value is -2.89. The zero-order valence-corrected chi connectivity index (χ0v) is 16.9. The van der Waals surface area contributed by atoms with Crippen LogP contribution in [-0.2, 0) is 27.4 Å². The number of rotatable bonds is 6.